The van der Waals surface area contributed by atoms with Gasteiger partial charge in [-0.1, -0.05) is 0 Å². The van der Waals surface area contributed by atoms with E-state index >= 15 is 0 Å². The fourth-order valence-corrected chi connectivity index (χ4v) is 4.50. The van der Waals surface area contributed by atoms with Gasteiger partial charge in [-0.3, -0.25) is 9.69 Å². The Hall–Kier alpha value is -2.74. The molecule has 29 heavy (non-hydrogen) atoms. The molecule has 5 heterocycles. The Morgan fingerprint density at radius 1 is 1.10 bits per heavy atom. The number of aryl methyl sites for hydroxylation is 1. The molecule has 0 radical (unpaired) electrons. The van der Waals surface area contributed by atoms with Crippen LogP contribution in [0.2, 0.25) is 0 Å². The van der Waals surface area contributed by atoms with Gasteiger partial charge in [0.2, 0.25) is 0 Å². The van der Waals surface area contributed by atoms with Gasteiger partial charge in [-0.05, 0) is 63.2 Å². The van der Waals surface area contributed by atoms with Gasteiger partial charge >= 0.3 is 0 Å². The molecule has 2 aliphatic heterocycles. The van der Waals surface area contributed by atoms with Crippen molar-refractivity contribution < 1.29 is 0 Å². The zero-order valence-electron chi connectivity index (χ0n) is 16.7. The predicted octanol–water partition coefficient (Wildman–Crippen LogP) is 1.87. The first-order chi connectivity index (χ1) is 14.3. The molecule has 0 aliphatic carbocycles. The molecule has 8 heteroatoms. The summed E-state index contributed by atoms with van der Waals surface area (Å²) < 4.78 is 5.70. The Morgan fingerprint density at radius 2 is 2.00 bits per heavy atom. The smallest absolute Gasteiger partial charge is 0.266 e. The molecular weight excluding hydrogens is 366 g/mol. The molecular formula is C21H27N7O. The molecule has 0 N–H and O–H groups in total. The summed E-state index contributed by atoms with van der Waals surface area (Å²) in [5, 5.41) is 8.72. The topological polar surface area (TPSA) is 73.8 Å². The van der Waals surface area contributed by atoms with Crippen LogP contribution in [0.25, 0.3) is 5.82 Å². The average molecular weight is 393 g/mol. The second-order valence-corrected chi connectivity index (χ2v) is 8.16. The van der Waals surface area contributed by atoms with Crippen molar-refractivity contribution in [3.63, 3.8) is 0 Å². The molecule has 152 valence electrons. The van der Waals surface area contributed by atoms with E-state index in [-0.39, 0.29) is 5.56 Å². The molecule has 3 aromatic heterocycles. The molecule has 2 aliphatic rings. The van der Waals surface area contributed by atoms with Crippen LogP contribution in [-0.2, 0) is 26.1 Å². The maximum atomic E-state index is 12.3. The number of fused-ring (bicyclic) bond motifs is 1. The lowest BCUT2D eigenvalue weighted by molar-refractivity contribution is 0.158. The SMILES string of the molecule is O=c1ccc(-n2cccn2)nn1CC1CCN(Cc2ncc3n2CCCC3)CC1. The summed E-state index contributed by atoms with van der Waals surface area (Å²) in [6.45, 7) is 4.80. The molecule has 0 bridgehead atoms. The van der Waals surface area contributed by atoms with Crippen molar-refractivity contribution in [2.45, 2.75) is 51.7 Å². The van der Waals surface area contributed by atoms with Gasteiger partial charge in [0.05, 0.1) is 6.54 Å². The molecule has 0 aromatic carbocycles. The zero-order valence-corrected chi connectivity index (χ0v) is 16.7. The Balaban J connectivity index is 1.20. The molecule has 0 atom stereocenters. The minimum Gasteiger partial charge on any atom is -0.331 e. The van der Waals surface area contributed by atoms with E-state index in [1.54, 1.807) is 27.7 Å². The van der Waals surface area contributed by atoms with Crippen LogP contribution in [0, 0.1) is 5.92 Å². The van der Waals surface area contributed by atoms with Crippen molar-refractivity contribution in [2.75, 3.05) is 13.1 Å². The number of nitrogens with zero attached hydrogens (tertiary/aromatic N) is 7. The van der Waals surface area contributed by atoms with Crippen LogP contribution in [0.4, 0.5) is 0 Å². The van der Waals surface area contributed by atoms with E-state index in [0.717, 1.165) is 45.4 Å². The lowest BCUT2D eigenvalue weighted by Crippen LogP contribution is -2.37. The molecule has 0 amide bonds. The van der Waals surface area contributed by atoms with Crippen molar-refractivity contribution in [1.29, 1.82) is 0 Å². The average Bonchev–Trinajstić information content (AvgIpc) is 3.42. The highest BCUT2D eigenvalue weighted by molar-refractivity contribution is 5.17. The van der Waals surface area contributed by atoms with Gasteiger partial charge in [-0.25, -0.2) is 14.3 Å². The molecule has 3 aromatic rings. The number of imidazole rings is 1. The molecule has 5 rings (SSSR count). The van der Waals surface area contributed by atoms with Gasteiger partial charge in [0, 0.05) is 43.4 Å². The third-order valence-corrected chi connectivity index (χ3v) is 6.18. The van der Waals surface area contributed by atoms with Crippen molar-refractivity contribution in [3.05, 3.63) is 58.7 Å². The summed E-state index contributed by atoms with van der Waals surface area (Å²) in [4.78, 5) is 19.5. The Kier molecular flexibility index (Phi) is 5.01. The highest BCUT2D eigenvalue weighted by Gasteiger charge is 2.23. The summed E-state index contributed by atoms with van der Waals surface area (Å²) in [6.07, 6.45) is 11.5. The number of hydrogen-bond donors (Lipinski definition) is 0. The van der Waals surface area contributed by atoms with E-state index in [2.05, 4.69) is 30.8 Å². The summed E-state index contributed by atoms with van der Waals surface area (Å²) >= 11 is 0. The summed E-state index contributed by atoms with van der Waals surface area (Å²) in [5.74, 6) is 2.36. The highest BCUT2D eigenvalue weighted by atomic mass is 16.1. The highest BCUT2D eigenvalue weighted by Crippen LogP contribution is 2.22. The van der Waals surface area contributed by atoms with E-state index in [1.807, 2.05) is 12.3 Å². The second kappa shape index (κ2) is 7.94. The Bertz CT molecular complexity index is 1010. The summed E-state index contributed by atoms with van der Waals surface area (Å²) in [7, 11) is 0. The number of aromatic nitrogens is 6. The maximum Gasteiger partial charge on any atom is 0.266 e. The van der Waals surface area contributed by atoms with Crippen molar-refractivity contribution in [2.24, 2.45) is 5.92 Å². The summed E-state index contributed by atoms with van der Waals surface area (Å²) in [6, 6.07) is 5.16. The molecule has 1 saturated heterocycles. The van der Waals surface area contributed by atoms with E-state index in [9.17, 15) is 4.79 Å². The lowest BCUT2D eigenvalue weighted by Gasteiger charge is -2.32. The van der Waals surface area contributed by atoms with E-state index in [4.69, 9.17) is 0 Å². The zero-order chi connectivity index (χ0) is 19.6. The first-order valence-electron chi connectivity index (χ1n) is 10.6. The van der Waals surface area contributed by atoms with Crippen LogP contribution in [-0.4, -0.2) is 47.1 Å². The standard InChI is InChI=1S/C21H27N7O/c29-21-6-5-19(27-11-3-9-23-27)24-28(21)15-17-7-12-25(13-8-17)16-20-22-14-18-4-1-2-10-26(18)20/h3,5-6,9,11,14,17H,1-2,4,7-8,10,12-13,15-16H2. The fourth-order valence-electron chi connectivity index (χ4n) is 4.50. The van der Waals surface area contributed by atoms with Gasteiger partial charge in [0.1, 0.15) is 5.82 Å². The van der Waals surface area contributed by atoms with Gasteiger partial charge in [0.25, 0.3) is 5.56 Å². The fraction of sp³-hybridized carbons (Fsp3) is 0.524. The molecule has 0 spiro atoms. The van der Waals surface area contributed by atoms with Crippen LogP contribution < -0.4 is 5.56 Å². The first-order valence-corrected chi connectivity index (χ1v) is 10.6. The van der Waals surface area contributed by atoms with E-state index in [0.29, 0.717) is 18.3 Å². The normalized spacial score (nSPS) is 18.1. The van der Waals surface area contributed by atoms with Gasteiger partial charge in [-0.15, -0.1) is 5.10 Å². The quantitative estimate of drug-likeness (QED) is 0.662. The number of hydrogen-bond acceptors (Lipinski definition) is 5. The first kappa shape index (κ1) is 18.3. The summed E-state index contributed by atoms with van der Waals surface area (Å²) in [5.41, 5.74) is 1.34. The molecule has 0 unspecified atom stereocenters. The van der Waals surface area contributed by atoms with E-state index < -0.39 is 0 Å². The molecule has 8 nitrogen and oxygen atoms in total. The third-order valence-electron chi connectivity index (χ3n) is 6.18. The monoisotopic (exact) mass is 393 g/mol. The van der Waals surface area contributed by atoms with Gasteiger partial charge in [0.15, 0.2) is 5.82 Å². The predicted molar refractivity (Wildman–Crippen MR) is 109 cm³/mol. The minimum atomic E-state index is -0.0488. The third kappa shape index (κ3) is 3.89. The molecule has 0 saturated carbocycles. The Labute approximate surface area is 169 Å². The minimum absolute atomic E-state index is 0.0488. The van der Waals surface area contributed by atoms with Gasteiger partial charge in [-0.2, -0.15) is 5.10 Å². The second-order valence-electron chi connectivity index (χ2n) is 8.16. The van der Waals surface area contributed by atoms with Crippen LogP contribution in [0.1, 0.15) is 37.2 Å². The van der Waals surface area contributed by atoms with Crippen molar-refractivity contribution in [3.8, 4) is 5.82 Å². The van der Waals surface area contributed by atoms with Crippen molar-refractivity contribution >= 4 is 0 Å². The number of rotatable bonds is 5. The van der Waals surface area contributed by atoms with Crippen LogP contribution in [0.15, 0.2) is 41.6 Å². The maximum absolute atomic E-state index is 12.3. The van der Waals surface area contributed by atoms with Crippen molar-refractivity contribution in [1.82, 2.24) is 34.0 Å². The molecule has 1 fully saturated rings. The Morgan fingerprint density at radius 3 is 2.83 bits per heavy atom. The van der Waals surface area contributed by atoms with E-state index in [1.165, 1.54) is 24.4 Å². The van der Waals surface area contributed by atoms with Crippen LogP contribution >= 0.6 is 0 Å². The number of likely N-dealkylation sites (tertiary alicyclic amines) is 1. The largest absolute Gasteiger partial charge is 0.331 e. The van der Waals surface area contributed by atoms with Gasteiger partial charge < -0.3 is 4.57 Å². The van der Waals surface area contributed by atoms with Crippen LogP contribution in [0.5, 0.6) is 0 Å². The number of piperidine rings is 1. The van der Waals surface area contributed by atoms with Crippen LogP contribution in [0.3, 0.4) is 0 Å². The lowest BCUT2D eigenvalue weighted by atomic mass is 9.97.